The van der Waals surface area contributed by atoms with E-state index in [-0.39, 0.29) is 17.9 Å². The molecule has 6 fully saturated rings. The number of carbonyl (C=O) groups is 2. The molecule has 2 heterocycles. The van der Waals surface area contributed by atoms with E-state index in [0.717, 1.165) is 55.8 Å². The van der Waals surface area contributed by atoms with E-state index in [9.17, 15) is 19.8 Å². The number of thioether (sulfide) groups is 1. The van der Waals surface area contributed by atoms with Crippen molar-refractivity contribution in [2.75, 3.05) is 18.0 Å². The lowest BCUT2D eigenvalue weighted by Crippen LogP contribution is -2.61. The number of aliphatic hydroxyl groups is 1. The second kappa shape index (κ2) is 9.25. The Bertz CT molecular complexity index is 981. The number of anilines is 1. The van der Waals surface area contributed by atoms with Crippen LogP contribution >= 0.6 is 11.8 Å². The first-order chi connectivity index (χ1) is 16.9. The molecule has 1 aromatic rings. The van der Waals surface area contributed by atoms with Crippen molar-refractivity contribution >= 4 is 29.5 Å². The zero-order valence-electron chi connectivity index (χ0n) is 20.3. The highest BCUT2D eigenvalue weighted by Crippen LogP contribution is 2.55. The first-order valence-electron chi connectivity index (χ1n) is 13.6. The van der Waals surface area contributed by atoms with E-state index < -0.39 is 11.6 Å². The fraction of sp³-hybridized carbons (Fsp3) is 0.741. The lowest BCUT2D eigenvalue weighted by Gasteiger charge is -2.58. The lowest BCUT2D eigenvalue weighted by molar-refractivity contribution is -0.141. The summed E-state index contributed by atoms with van der Waals surface area (Å²) in [6.07, 6.45) is 11.4. The van der Waals surface area contributed by atoms with Crippen LogP contribution in [-0.2, 0) is 4.79 Å². The summed E-state index contributed by atoms with van der Waals surface area (Å²) in [6.45, 7) is 1.15. The monoisotopic (exact) mass is 499 g/mol. The Labute approximate surface area is 211 Å². The number of aromatic nitrogens is 1. The van der Waals surface area contributed by atoms with Gasteiger partial charge in [-0.25, -0.2) is 4.98 Å². The van der Waals surface area contributed by atoms with Gasteiger partial charge in [0, 0.05) is 24.4 Å². The Morgan fingerprint density at radius 1 is 1.06 bits per heavy atom. The Balaban J connectivity index is 1.23. The van der Waals surface area contributed by atoms with Gasteiger partial charge in [-0.3, -0.25) is 9.59 Å². The molecule has 0 radical (unpaired) electrons. The minimum atomic E-state index is -0.749. The Hall–Kier alpha value is -1.80. The van der Waals surface area contributed by atoms with Crippen LogP contribution in [0.3, 0.4) is 0 Å². The maximum Gasteiger partial charge on any atom is 0.308 e. The third-order valence-corrected chi connectivity index (χ3v) is 10.7. The zero-order chi connectivity index (χ0) is 24.2. The third-order valence-electron chi connectivity index (χ3n) is 9.32. The van der Waals surface area contributed by atoms with Gasteiger partial charge in [-0.15, -0.1) is 11.8 Å². The fourth-order valence-corrected chi connectivity index (χ4v) is 9.15. The largest absolute Gasteiger partial charge is 0.481 e. The molecule has 0 spiro atoms. The second-order valence-electron chi connectivity index (χ2n) is 11.9. The molecule has 1 aromatic heterocycles. The molecule has 8 heteroatoms. The molecule has 5 saturated carbocycles. The minimum absolute atomic E-state index is 0.0448. The average Bonchev–Trinajstić information content (AvgIpc) is 3.32. The van der Waals surface area contributed by atoms with E-state index in [1.165, 1.54) is 19.3 Å². The number of pyridine rings is 1. The van der Waals surface area contributed by atoms with Gasteiger partial charge in [0.05, 0.1) is 17.1 Å². The van der Waals surface area contributed by atoms with Gasteiger partial charge in [0.2, 0.25) is 0 Å². The fourth-order valence-electron chi connectivity index (χ4n) is 7.83. The highest BCUT2D eigenvalue weighted by atomic mass is 32.2. The van der Waals surface area contributed by atoms with E-state index >= 15 is 0 Å². The summed E-state index contributed by atoms with van der Waals surface area (Å²) in [5.74, 6) is 0.974. The molecule has 3 atom stereocenters. The number of carboxylic acid groups (broad SMARTS) is 1. The van der Waals surface area contributed by atoms with Crippen LogP contribution in [0.2, 0.25) is 0 Å². The summed E-state index contributed by atoms with van der Waals surface area (Å²) >= 11 is 1.73. The van der Waals surface area contributed by atoms with Crippen molar-refractivity contribution in [1.82, 2.24) is 10.3 Å². The number of hydrogen-bond donors (Lipinski definition) is 3. The maximum atomic E-state index is 13.6. The van der Waals surface area contributed by atoms with Crippen LogP contribution in [0.15, 0.2) is 17.2 Å². The third kappa shape index (κ3) is 4.68. The van der Waals surface area contributed by atoms with Crippen LogP contribution in [0.1, 0.15) is 81.0 Å². The molecule has 3 N–H and O–H groups in total. The van der Waals surface area contributed by atoms with Crippen molar-refractivity contribution in [3.05, 3.63) is 17.7 Å². The number of hydrogen-bond acceptors (Lipinski definition) is 6. The molecule has 35 heavy (non-hydrogen) atoms. The summed E-state index contributed by atoms with van der Waals surface area (Å²) < 4.78 is 0. The Morgan fingerprint density at radius 3 is 2.46 bits per heavy atom. The lowest BCUT2D eigenvalue weighted by atomic mass is 9.52. The van der Waals surface area contributed by atoms with E-state index in [2.05, 4.69) is 5.32 Å². The molecule has 0 aromatic carbocycles. The van der Waals surface area contributed by atoms with Gasteiger partial charge in [0.1, 0.15) is 10.8 Å². The first kappa shape index (κ1) is 23.6. The number of carbonyl (C=O) groups excluding carboxylic acids is 1. The number of rotatable bonds is 6. The molecule has 1 aliphatic heterocycles. The van der Waals surface area contributed by atoms with E-state index in [0.29, 0.717) is 48.1 Å². The molecule has 1 amide bonds. The van der Waals surface area contributed by atoms with Crippen molar-refractivity contribution in [3.63, 3.8) is 0 Å². The summed E-state index contributed by atoms with van der Waals surface area (Å²) in [5.41, 5.74) is 0.137. The van der Waals surface area contributed by atoms with Gasteiger partial charge >= 0.3 is 5.97 Å². The second-order valence-corrected chi connectivity index (χ2v) is 13.2. The number of aliphatic carboxylic acids is 1. The standard InChI is InChI=1S/C27H37N3O4S/c31-24(29-23-18-10-16-11-19(23)14-27(34,12-16)13-18)21-6-7-22(30-9-8-17(15-30)26(32)33)28-25(21)35-20-4-2-1-3-5-20/h6-7,16-20,23,34H,1-5,8-15H2,(H,29,31)(H,32,33)/t16?,17-,18?,19?,23-,27-/m1/s1. The van der Waals surface area contributed by atoms with E-state index in [1.54, 1.807) is 11.8 Å². The van der Waals surface area contributed by atoms with E-state index in [4.69, 9.17) is 4.98 Å². The van der Waals surface area contributed by atoms with Crippen LogP contribution in [0.4, 0.5) is 5.82 Å². The van der Waals surface area contributed by atoms with Gasteiger partial charge < -0.3 is 20.4 Å². The van der Waals surface area contributed by atoms with Gasteiger partial charge in [-0.1, -0.05) is 19.3 Å². The molecule has 7 rings (SSSR count). The summed E-state index contributed by atoms with van der Waals surface area (Å²) in [6, 6.07) is 3.94. The maximum absolute atomic E-state index is 13.6. The zero-order valence-corrected chi connectivity index (χ0v) is 21.1. The molecule has 2 unspecified atom stereocenters. The predicted octanol–water partition coefficient (Wildman–Crippen LogP) is 4.09. The number of carboxylic acids is 1. The number of amides is 1. The minimum Gasteiger partial charge on any atom is -0.481 e. The van der Waals surface area contributed by atoms with Crippen LogP contribution in [0.25, 0.3) is 0 Å². The molecule has 190 valence electrons. The molecule has 5 aliphatic carbocycles. The predicted molar refractivity (Wildman–Crippen MR) is 135 cm³/mol. The summed E-state index contributed by atoms with van der Waals surface area (Å²) in [7, 11) is 0. The molecular formula is C27H37N3O4S. The van der Waals surface area contributed by atoms with Crippen LogP contribution in [0, 0.1) is 23.7 Å². The van der Waals surface area contributed by atoms with Crippen LogP contribution in [-0.4, -0.2) is 57.1 Å². The van der Waals surface area contributed by atoms with Gasteiger partial charge in [0.15, 0.2) is 0 Å². The number of nitrogens with zero attached hydrogens (tertiary/aromatic N) is 2. The molecule has 6 aliphatic rings. The molecular weight excluding hydrogens is 462 g/mol. The highest BCUT2D eigenvalue weighted by Gasteiger charge is 2.55. The first-order valence-corrected chi connectivity index (χ1v) is 14.4. The summed E-state index contributed by atoms with van der Waals surface area (Å²) in [5, 5.41) is 25.0. The van der Waals surface area contributed by atoms with Crippen LogP contribution < -0.4 is 10.2 Å². The van der Waals surface area contributed by atoms with Crippen molar-refractivity contribution in [1.29, 1.82) is 0 Å². The smallest absolute Gasteiger partial charge is 0.308 e. The Morgan fingerprint density at radius 2 is 1.80 bits per heavy atom. The van der Waals surface area contributed by atoms with Crippen molar-refractivity contribution in [3.8, 4) is 0 Å². The Kier molecular flexibility index (Phi) is 6.24. The number of nitrogens with one attached hydrogen (secondary N) is 1. The van der Waals surface area contributed by atoms with Gasteiger partial charge in [0.25, 0.3) is 5.91 Å². The molecule has 7 nitrogen and oxygen atoms in total. The average molecular weight is 500 g/mol. The molecule has 4 bridgehead atoms. The summed E-state index contributed by atoms with van der Waals surface area (Å²) in [4.78, 5) is 32.1. The topological polar surface area (TPSA) is 103 Å². The SMILES string of the molecule is O=C(N[C@H]1C2CC3CC1C[C@](O)(C3)C2)c1ccc(N2CC[C@@H](C(=O)O)C2)nc1SC1CCCCC1. The van der Waals surface area contributed by atoms with Gasteiger partial charge in [-0.2, -0.15) is 0 Å². The highest BCUT2D eigenvalue weighted by molar-refractivity contribution is 7.99. The van der Waals surface area contributed by atoms with E-state index in [1.807, 2.05) is 17.0 Å². The normalized spacial score (nSPS) is 36.5. The molecule has 1 saturated heterocycles. The van der Waals surface area contributed by atoms with Crippen molar-refractivity contribution < 1.29 is 19.8 Å². The van der Waals surface area contributed by atoms with Crippen molar-refractivity contribution in [2.24, 2.45) is 23.7 Å². The quantitative estimate of drug-likeness (QED) is 0.542. The van der Waals surface area contributed by atoms with Crippen LogP contribution in [0.5, 0.6) is 0 Å². The van der Waals surface area contributed by atoms with Gasteiger partial charge in [-0.05, 0) is 81.3 Å². The van der Waals surface area contributed by atoms with Crippen molar-refractivity contribution in [2.45, 2.75) is 92.5 Å².